The Morgan fingerprint density at radius 2 is 1.81 bits per heavy atom. The minimum absolute atomic E-state index is 0.204. The largest absolute Gasteiger partial charge is 0.388 e. The van der Waals surface area contributed by atoms with E-state index in [1.165, 1.54) is 0 Å². The van der Waals surface area contributed by atoms with E-state index in [1.807, 2.05) is 48.5 Å². The summed E-state index contributed by atoms with van der Waals surface area (Å²) < 4.78 is 0. The molecule has 0 radical (unpaired) electrons. The Morgan fingerprint density at radius 3 is 2.52 bits per heavy atom. The summed E-state index contributed by atoms with van der Waals surface area (Å²) in [5, 5.41) is 24.2. The van der Waals surface area contributed by atoms with E-state index in [-0.39, 0.29) is 12.5 Å². The Morgan fingerprint density at radius 1 is 1.00 bits per heavy atom. The summed E-state index contributed by atoms with van der Waals surface area (Å²) in [5.41, 5.74) is 2.37. The van der Waals surface area contributed by atoms with Crippen molar-refractivity contribution >= 4 is 17.4 Å². The van der Waals surface area contributed by atoms with Crippen molar-refractivity contribution in [1.29, 1.82) is 0 Å². The van der Waals surface area contributed by atoms with Gasteiger partial charge in [0, 0.05) is 23.4 Å². The molecule has 136 valence electrons. The van der Waals surface area contributed by atoms with Gasteiger partial charge in [-0.25, -0.2) is 0 Å². The molecule has 6 nitrogen and oxygen atoms in total. The Bertz CT molecular complexity index is 938. The topological polar surface area (TPSA) is 87.1 Å². The number of hydrogen-bond acceptors (Lipinski definition) is 5. The molecule has 0 spiro atoms. The second-order valence-corrected chi connectivity index (χ2v) is 6.78. The molecular weight excluding hydrogens is 340 g/mol. The van der Waals surface area contributed by atoms with Gasteiger partial charge in [-0.3, -0.25) is 4.79 Å². The van der Waals surface area contributed by atoms with Crippen molar-refractivity contribution < 1.29 is 9.90 Å². The molecule has 27 heavy (non-hydrogen) atoms. The smallest absolute Gasteiger partial charge is 0.251 e. The van der Waals surface area contributed by atoms with Gasteiger partial charge in [-0.1, -0.05) is 36.4 Å². The second-order valence-electron chi connectivity index (χ2n) is 6.78. The van der Waals surface area contributed by atoms with Crippen LogP contribution in [0, 0.1) is 0 Å². The van der Waals surface area contributed by atoms with E-state index in [9.17, 15) is 9.90 Å². The van der Waals surface area contributed by atoms with E-state index in [0.29, 0.717) is 11.4 Å². The van der Waals surface area contributed by atoms with Crippen LogP contribution < -0.4 is 10.6 Å². The molecule has 4 rings (SSSR count). The lowest BCUT2D eigenvalue weighted by molar-refractivity contribution is 0.0896. The SMILES string of the molecule is O=C(NCC1(O)CC1)c1cccc(Nc2ccc(-c3ccccc3)nn2)c1. The molecule has 6 heteroatoms. The van der Waals surface area contributed by atoms with Gasteiger partial charge in [0.2, 0.25) is 0 Å². The van der Waals surface area contributed by atoms with Gasteiger partial charge in [-0.05, 0) is 43.2 Å². The molecule has 3 aromatic rings. The minimum Gasteiger partial charge on any atom is -0.388 e. The van der Waals surface area contributed by atoms with Crippen LogP contribution in [0.4, 0.5) is 11.5 Å². The number of hydrogen-bond donors (Lipinski definition) is 3. The predicted molar refractivity (Wildman–Crippen MR) is 104 cm³/mol. The van der Waals surface area contributed by atoms with Crippen LogP contribution in [0.1, 0.15) is 23.2 Å². The number of aromatic nitrogens is 2. The van der Waals surface area contributed by atoms with Crippen molar-refractivity contribution in [2.45, 2.75) is 18.4 Å². The number of benzene rings is 2. The molecule has 1 amide bonds. The number of nitrogens with zero attached hydrogens (tertiary/aromatic N) is 2. The highest BCUT2D eigenvalue weighted by atomic mass is 16.3. The first-order valence-corrected chi connectivity index (χ1v) is 8.88. The van der Waals surface area contributed by atoms with Crippen molar-refractivity contribution in [1.82, 2.24) is 15.5 Å². The average Bonchev–Trinajstić information content (AvgIpc) is 3.45. The van der Waals surface area contributed by atoms with Crippen LogP contribution in [0.15, 0.2) is 66.7 Å². The summed E-state index contributed by atoms with van der Waals surface area (Å²) in [5.74, 6) is 0.393. The van der Waals surface area contributed by atoms with E-state index in [2.05, 4.69) is 20.8 Å². The zero-order valence-corrected chi connectivity index (χ0v) is 14.7. The van der Waals surface area contributed by atoms with Crippen molar-refractivity contribution in [3.63, 3.8) is 0 Å². The Kier molecular flexibility index (Phi) is 4.56. The van der Waals surface area contributed by atoms with E-state index in [1.54, 1.807) is 18.2 Å². The summed E-state index contributed by atoms with van der Waals surface area (Å²) in [6.45, 7) is 0.288. The third-order valence-electron chi connectivity index (χ3n) is 4.54. The summed E-state index contributed by atoms with van der Waals surface area (Å²) in [4.78, 5) is 12.2. The minimum atomic E-state index is -0.707. The lowest BCUT2D eigenvalue weighted by Gasteiger charge is -2.11. The summed E-state index contributed by atoms with van der Waals surface area (Å²) in [7, 11) is 0. The number of rotatable bonds is 6. The van der Waals surface area contributed by atoms with E-state index >= 15 is 0 Å². The van der Waals surface area contributed by atoms with Crippen molar-refractivity contribution in [3.05, 3.63) is 72.3 Å². The lowest BCUT2D eigenvalue weighted by atomic mass is 10.1. The first-order chi connectivity index (χ1) is 13.1. The molecule has 3 N–H and O–H groups in total. The quantitative estimate of drug-likeness (QED) is 0.629. The molecule has 1 saturated carbocycles. The maximum Gasteiger partial charge on any atom is 0.251 e. The first kappa shape index (κ1) is 17.2. The standard InChI is InChI=1S/C21H20N4O2/c26-20(22-14-21(27)11-12-21)16-7-4-8-17(13-16)23-19-10-9-18(24-25-19)15-5-2-1-3-6-15/h1-10,13,27H,11-12,14H2,(H,22,26)(H,23,25). The Balaban J connectivity index is 1.42. The predicted octanol–water partition coefficient (Wildman–Crippen LogP) is 3.14. The number of nitrogens with one attached hydrogen (secondary N) is 2. The highest BCUT2D eigenvalue weighted by Gasteiger charge is 2.40. The highest BCUT2D eigenvalue weighted by molar-refractivity contribution is 5.95. The van der Waals surface area contributed by atoms with Crippen molar-refractivity contribution in [2.24, 2.45) is 0 Å². The molecule has 1 fully saturated rings. The van der Waals surface area contributed by atoms with Crippen LogP contribution in [-0.4, -0.2) is 33.4 Å². The van der Waals surface area contributed by atoms with Gasteiger partial charge in [-0.2, -0.15) is 0 Å². The molecule has 1 heterocycles. The molecular formula is C21H20N4O2. The first-order valence-electron chi connectivity index (χ1n) is 8.88. The summed E-state index contributed by atoms with van der Waals surface area (Å²) in [6.07, 6.45) is 1.49. The molecule has 1 aromatic heterocycles. The highest BCUT2D eigenvalue weighted by Crippen LogP contribution is 2.34. The number of carbonyl (C=O) groups excluding carboxylic acids is 1. The van der Waals surface area contributed by atoms with Crippen LogP contribution in [0.25, 0.3) is 11.3 Å². The molecule has 0 atom stereocenters. The maximum absolute atomic E-state index is 12.2. The molecule has 2 aromatic carbocycles. The fourth-order valence-electron chi connectivity index (χ4n) is 2.72. The number of anilines is 2. The van der Waals surface area contributed by atoms with Gasteiger partial charge in [0.25, 0.3) is 5.91 Å². The van der Waals surface area contributed by atoms with E-state index in [4.69, 9.17) is 0 Å². The third kappa shape index (κ3) is 4.30. The number of amides is 1. The van der Waals surface area contributed by atoms with E-state index in [0.717, 1.165) is 29.8 Å². The van der Waals surface area contributed by atoms with Gasteiger partial charge >= 0.3 is 0 Å². The number of carbonyl (C=O) groups is 1. The molecule has 0 bridgehead atoms. The third-order valence-corrected chi connectivity index (χ3v) is 4.54. The fraction of sp³-hybridized carbons (Fsp3) is 0.190. The lowest BCUT2D eigenvalue weighted by Crippen LogP contribution is -2.33. The molecule has 1 aliphatic rings. The van der Waals surface area contributed by atoms with Gasteiger partial charge in [-0.15, -0.1) is 10.2 Å². The monoisotopic (exact) mass is 360 g/mol. The molecule has 0 saturated heterocycles. The van der Waals surface area contributed by atoms with Crippen LogP contribution in [0.3, 0.4) is 0 Å². The van der Waals surface area contributed by atoms with Gasteiger partial charge in [0.15, 0.2) is 5.82 Å². The normalized spacial score (nSPS) is 14.4. The van der Waals surface area contributed by atoms with E-state index < -0.39 is 5.60 Å². The molecule has 0 aliphatic heterocycles. The molecule has 0 unspecified atom stereocenters. The zero-order valence-electron chi connectivity index (χ0n) is 14.7. The molecule has 1 aliphatic carbocycles. The van der Waals surface area contributed by atoms with Crippen molar-refractivity contribution in [2.75, 3.05) is 11.9 Å². The second kappa shape index (κ2) is 7.17. The van der Waals surface area contributed by atoms with Crippen LogP contribution >= 0.6 is 0 Å². The van der Waals surface area contributed by atoms with Gasteiger partial charge < -0.3 is 15.7 Å². The average molecular weight is 360 g/mol. The summed E-state index contributed by atoms with van der Waals surface area (Å²) in [6, 6.07) is 20.7. The summed E-state index contributed by atoms with van der Waals surface area (Å²) >= 11 is 0. The maximum atomic E-state index is 12.2. The van der Waals surface area contributed by atoms with Gasteiger partial charge in [0.1, 0.15) is 0 Å². The number of aliphatic hydroxyl groups is 1. The Hall–Kier alpha value is -3.25. The van der Waals surface area contributed by atoms with Crippen molar-refractivity contribution in [3.8, 4) is 11.3 Å². The Labute approximate surface area is 157 Å². The van der Waals surface area contributed by atoms with Crippen LogP contribution in [0.5, 0.6) is 0 Å². The van der Waals surface area contributed by atoms with Gasteiger partial charge in [0.05, 0.1) is 11.3 Å². The zero-order chi connectivity index (χ0) is 18.7. The van der Waals surface area contributed by atoms with Crippen LogP contribution in [-0.2, 0) is 0 Å². The van der Waals surface area contributed by atoms with Crippen LogP contribution in [0.2, 0.25) is 0 Å². The fourth-order valence-corrected chi connectivity index (χ4v) is 2.72.